The van der Waals surface area contributed by atoms with Crippen molar-refractivity contribution in [3.63, 3.8) is 0 Å². The molecule has 0 aliphatic carbocycles. The van der Waals surface area contributed by atoms with Crippen molar-refractivity contribution in [2.75, 3.05) is 18.5 Å². The van der Waals surface area contributed by atoms with Crippen LogP contribution in [0.1, 0.15) is 22.3 Å². The van der Waals surface area contributed by atoms with Crippen LogP contribution in [0.2, 0.25) is 5.02 Å². The number of hydrogen-bond acceptors (Lipinski definition) is 4. The number of carboxylic acids is 1. The standard InChI is InChI=1S/C21H16ClFN2O3/c22-13-1-3-18-15(9-13)20(17(11-24-18)12-5-7-28-8-6-12)25-19-4-2-14(23)10-16(19)21(26)27/h1-5,9-11H,6-8H2,(H,24,25)(H,26,27). The highest BCUT2D eigenvalue weighted by molar-refractivity contribution is 6.31. The number of aromatic carboxylic acids is 1. The van der Waals surface area contributed by atoms with E-state index in [4.69, 9.17) is 16.3 Å². The van der Waals surface area contributed by atoms with Gasteiger partial charge in [0, 0.05) is 22.2 Å². The molecule has 1 aliphatic rings. The maximum atomic E-state index is 13.6. The Balaban J connectivity index is 1.92. The molecule has 0 bridgehead atoms. The predicted molar refractivity (Wildman–Crippen MR) is 107 cm³/mol. The van der Waals surface area contributed by atoms with Gasteiger partial charge in [0.15, 0.2) is 0 Å². The number of carboxylic acid groups (broad SMARTS) is 1. The third kappa shape index (κ3) is 3.56. The zero-order valence-electron chi connectivity index (χ0n) is 14.7. The number of pyridine rings is 1. The maximum Gasteiger partial charge on any atom is 0.337 e. The quantitative estimate of drug-likeness (QED) is 0.626. The molecular formula is C21H16ClFN2O3. The van der Waals surface area contributed by atoms with Crippen LogP contribution in [0.25, 0.3) is 16.5 Å². The van der Waals surface area contributed by atoms with Gasteiger partial charge >= 0.3 is 5.97 Å². The molecule has 0 atom stereocenters. The first-order chi connectivity index (χ1) is 13.5. The Morgan fingerprint density at radius 1 is 1.25 bits per heavy atom. The number of ether oxygens (including phenoxy) is 1. The molecule has 2 aromatic carbocycles. The number of nitrogens with one attached hydrogen (secondary N) is 1. The van der Waals surface area contributed by atoms with Crippen LogP contribution in [0.5, 0.6) is 0 Å². The molecule has 3 aromatic rings. The van der Waals surface area contributed by atoms with Crippen LogP contribution in [-0.2, 0) is 4.74 Å². The average molecular weight is 399 g/mol. The molecule has 0 saturated heterocycles. The summed E-state index contributed by atoms with van der Waals surface area (Å²) in [6, 6.07) is 8.95. The first kappa shape index (κ1) is 18.4. The summed E-state index contributed by atoms with van der Waals surface area (Å²) in [6.07, 6.45) is 4.43. The molecule has 0 saturated carbocycles. The minimum atomic E-state index is -1.22. The second kappa shape index (κ2) is 7.58. The number of fused-ring (bicyclic) bond motifs is 1. The van der Waals surface area contributed by atoms with Crippen LogP contribution in [0.4, 0.5) is 15.8 Å². The zero-order valence-corrected chi connectivity index (χ0v) is 15.5. The first-order valence-corrected chi connectivity index (χ1v) is 9.06. The molecule has 142 valence electrons. The SMILES string of the molecule is O=C(O)c1cc(F)ccc1Nc1c(C2=CCOCC2)cnc2ccc(Cl)cc12. The van der Waals surface area contributed by atoms with Crippen LogP contribution in [0, 0.1) is 5.82 Å². The molecule has 7 heteroatoms. The summed E-state index contributed by atoms with van der Waals surface area (Å²) in [5.74, 6) is -1.83. The Bertz CT molecular complexity index is 1110. The highest BCUT2D eigenvalue weighted by Gasteiger charge is 2.18. The van der Waals surface area contributed by atoms with E-state index >= 15 is 0 Å². The first-order valence-electron chi connectivity index (χ1n) is 8.68. The van der Waals surface area contributed by atoms with Crippen molar-refractivity contribution in [3.8, 4) is 0 Å². The Morgan fingerprint density at radius 2 is 2.11 bits per heavy atom. The topological polar surface area (TPSA) is 71.5 Å². The van der Waals surface area contributed by atoms with Gasteiger partial charge in [0.05, 0.1) is 35.7 Å². The third-order valence-electron chi connectivity index (χ3n) is 4.61. The van der Waals surface area contributed by atoms with Gasteiger partial charge in [-0.25, -0.2) is 9.18 Å². The Morgan fingerprint density at radius 3 is 2.86 bits per heavy atom. The van der Waals surface area contributed by atoms with Crippen molar-refractivity contribution in [3.05, 3.63) is 70.6 Å². The van der Waals surface area contributed by atoms with Crippen molar-refractivity contribution in [2.45, 2.75) is 6.42 Å². The van der Waals surface area contributed by atoms with E-state index in [9.17, 15) is 14.3 Å². The molecule has 1 aromatic heterocycles. The van der Waals surface area contributed by atoms with E-state index in [2.05, 4.69) is 10.3 Å². The van der Waals surface area contributed by atoms with Gasteiger partial charge in [-0.2, -0.15) is 0 Å². The Labute approximate surface area is 165 Å². The zero-order chi connectivity index (χ0) is 19.7. The molecule has 0 fully saturated rings. The molecule has 28 heavy (non-hydrogen) atoms. The van der Waals surface area contributed by atoms with E-state index in [0.717, 1.165) is 22.6 Å². The Hall–Kier alpha value is -2.96. The predicted octanol–water partition coefficient (Wildman–Crippen LogP) is 5.27. The molecular weight excluding hydrogens is 383 g/mol. The highest BCUT2D eigenvalue weighted by atomic mass is 35.5. The van der Waals surface area contributed by atoms with Crippen molar-refractivity contribution in [1.82, 2.24) is 4.98 Å². The molecule has 0 unspecified atom stereocenters. The van der Waals surface area contributed by atoms with Gasteiger partial charge in [-0.1, -0.05) is 17.7 Å². The minimum absolute atomic E-state index is 0.154. The fraction of sp³-hybridized carbons (Fsp3) is 0.143. The summed E-state index contributed by atoms with van der Waals surface area (Å²) in [6.45, 7) is 1.09. The lowest BCUT2D eigenvalue weighted by Gasteiger charge is -2.20. The highest BCUT2D eigenvalue weighted by Crippen LogP contribution is 2.37. The fourth-order valence-corrected chi connectivity index (χ4v) is 3.42. The normalized spacial score (nSPS) is 14.0. The second-order valence-corrected chi connectivity index (χ2v) is 6.82. The summed E-state index contributed by atoms with van der Waals surface area (Å²) in [7, 11) is 0. The summed E-state index contributed by atoms with van der Waals surface area (Å²) in [5.41, 5.74) is 3.40. The number of nitrogens with zero attached hydrogens (tertiary/aromatic N) is 1. The van der Waals surface area contributed by atoms with Gasteiger partial charge in [-0.3, -0.25) is 4.98 Å². The smallest absolute Gasteiger partial charge is 0.337 e. The summed E-state index contributed by atoms with van der Waals surface area (Å²) in [5, 5.41) is 13.9. The van der Waals surface area contributed by atoms with Crippen LogP contribution in [0.15, 0.2) is 48.7 Å². The Kier molecular flexibility index (Phi) is 4.98. The molecule has 2 N–H and O–H groups in total. The van der Waals surface area contributed by atoms with E-state index in [1.165, 1.54) is 12.1 Å². The summed E-state index contributed by atoms with van der Waals surface area (Å²) < 4.78 is 19.0. The summed E-state index contributed by atoms with van der Waals surface area (Å²) in [4.78, 5) is 16.1. The van der Waals surface area contributed by atoms with E-state index in [1.54, 1.807) is 24.4 Å². The summed E-state index contributed by atoms with van der Waals surface area (Å²) >= 11 is 6.20. The molecule has 0 amide bonds. The van der Waals surface area contributed by atoms with Crippen LogP contribution in [-0.4, -0.2) is 29.3 Å². The van der Waals surface area contributed by atoms with Gasteiger partial charge in [0.2, 0.25) is 0 Å². The number of halogens is 2. The van der Waals surface area contributed by atoms with Crippen molar-refractivity contribution >= 4 is 45.4 Å². The monoisotopic (exact) mass is 398 g/mol. The van der Waals surface area contributed by atoms with E-state index in [0.29, 0.717) is 35.9 Å². The van der Waals surface area contributed by atoms with Gasteiger partial charge in [0.1, 0.15) is 5.82 Å². The van der Waals surface area contributed by atoms with Crippen LogP contribution in [0.3, 0.4) is 0 Å². The van der Waals surface area contributed by atoms with Gasteiger partial charge in [0.25, 0.3) is 0 Å². The van der Waals surface area contributed by atoms with E-state index in [1.807, 2.05) is 6.08 Å². The molecule has 0 spiro atoms. The lowest BCUT2D eigenvalue weighted by atomic mass is 9.98. The number of benzene rings is 2. The van der Waals surface area contributed by atoms with Crippen molar-refractivity contribution in [2.24, 2.45) is 0 Å². The molecule has 5 nitrogen and oxygen atoms in total. The van der Waals surface area contributed by atoms with Crippen LogP contribution >= 0.6 is 11.6 Å². The van der Waals surface area contributed by atoms with Crippen molar-refractivity contribution < 1.29 is 19.0 Å². The molecule has 0 radical (unpaired) electrons. The number of aromatic nitrogens is 1. The maximum absolute atomic E-state index is 13.6. The van der Waals surface area contributed by atoms with E-state index < -0.39 is 11.8 Å². The number of rotatable bonds is 4. The lowest BCUT2D eigenvalue weighted by Crippen LogP contribution is -2.08. The van der Waals surface area contributed by atoms with E-state index in [-0.39, 0.29) is 11.3 Å². The lowest BCUT2D eigenvalue weighted by molar-refractivity contribution is 0.0697. The second-order valence-electron chi connectivity index (χ2n) is 6.38. The van der Waals surface area contributed by atoms with Gasteiger partial charge < -0.3 is 15.2 Å². The molecule has 4 rings (SSSR count). The third-order valence-corrected chi connectivity index (χ3v) is 4.85. The van der Waals surface area contributed by atoms with Crippen molar-refractivity contribution in [1.29, 1.82) is 0 Å². The largest absolute Gasteiger partial charge is 0.478 e. The van der Waals surface area contributed by atoms with Gasteiger partial charge in [-0.05, 0) is 48.4 Å². The number of anilines is 2. The van der Waals surface area contributed by atoms with Gasteiger partial charge in [-0.15, -0.1) is 0 Å². The number of hydrogen-bond donors (Lipinski definition) is 2. The molecule has 2 heterocycles. The fourth-order valence-electron chi connectivity index (χ4n) is 3.25. The molecule has 1 aliphatic heterocycles. The minimum Gasteiger partial charge on any atom is -0.478 e. The number of carbonyl (C=O) groups is 1. The average Bonchev–Trinajstić information content (AvgIpc) is 2.70. The van der Waals surface area contributed by atoms with Crippen LogP contribution < -0.4 is 5.32 Å².